The topological polar surface area (TPSA) is 67.6 Å². The molecule has 1 aromatic carbocycles. The Balaban J connectivity index is 1.87. The van der Waals surface area contributed by atoms with Crippen molar-refractivity contribution in [1.29, 1.82) is 0 Å². The van der Waals surface area contributed by atoms with Crippen molar-refractivity contribution in [2.45, 2.75) is 18.8 Å². The second-order valence-corrected chi connectivity index (χ2v) is 5.00. The van der Waals surface area contributed by atoms with E-state index >= 15 is 0 Å². The highest BCUT2D eigenvalue weighted by Crippen LogP contribution is 2.37. The number of rotatable bonds is 1. The summed E-state index contributed by atoms with van der Waals surface area (Å²) in [6, 6.07) is 10.5. The molecule has 0 saturated heterocycles. The van der Waals surface area contributed by atoms with Crippen LogP contribution in [0.4, 0.5) is 5.82 Å². The molecule has 0 aliphatic heterocycles. The number of aryl methyl sites for hydroxylation is 1. The molecular formula is C15H14N4. The van der Waals surface area contributed by atoms with Gasteiger partial charge in [0.1, 0.15) is 11.3 Å². The van der Waals surface area contributed by atoms with Crippen molar-refractivity contribution in [1.82, 2.24) is 15.0 Å². The Morgan fingerprint density at radius 3 is 3.00 bits per heavy atom. The minimum Gasteiger partial charge on any atom is -0.382 e. The van der Waals surface area contributed by atoms with Gasteiger partial charge in [-0.3, -0.25) is 0 Å². The lowest BCUT2D eigenvalue weighted by molar-refractivity contribution is 0.736. The van der Waals surface area contributed by atoms with E-state index < -0.39 is 0 Å². The molecule has 19 heavy (non-hydrogen) atoms. The molecule has 2 aromatic heterocycles. The van der Waals surface area contributed by atoms with E-state index in [1.165, 1.54) is 11.1 Å². The van der Waals surface area contributed by atoms with E-state index in [1.807, 2.05) is 12.3 Å². The summed E-state index contributed by atoms with van der Waals surface area (Å²) in [5.41, 5.74) is 10.5. The van der Waals surface area contributed by atoms with Gasteiger partial charge in [-0.15, -0.1) is 0 Å². The minimum absolute atomic E-state index is 0.276. The van der Waals surface area contributed by atoms with Crippen molar-refractivity contribution < 1.29 is 0 Å². The summed E-state index contributed by atoms with van der Waals surface area (Å²) in [6.45, 7) is 0. The van der Waals surface area contributed by atoms with Crippen LogP contribution in [0.25, 0.3) is 11.0 Å². The minimum atomic E-state index is 0.276. The summed E-state index contributed by atoms with van der Waals surface area (Å²) in [5, 5.41) is 0. The molecule has 0 unspecified atom stereocenters. The first-order valence-corrected chi connectivity index (χ1v) is 6.51. The molecule has 3 aromatic rings. The molecule has 4 rings (SSSR count). The number of H-pyrrole nitrogens is 1. The lowest BCUT2D eigenvalue weighted by Crippen LogP contribution is -2.05. The van der Waals surface area contributed by atoms with Gasteiger partial charge in [0, 0.05) is 12.1 Å². The Morgan fingerprint density at radius 2 is 2.05 bits per heavy atom. The summed E-state index contributed by atoms with van der Waals surface area (Å²) in [4.78, 5) is 12.2. The Morgan fingerprint density at radius 1 is 1.16 bits per heavy atom. The van der Waals surface area contributed by atoms with Gasteiger partial charge in [-0.25, -0.2) is 9.97 Å². The van der Waals surface area contributed by atoms with Gasteiger partial charge < -0.3 is 10.7 Å². The van der Waals surface area contributed by atoms with Crippen molar-refractivity contribution in [2.24, 2.45) is 0 Å². The van der Waals surface area contributed by atoms with Crippen LogP contribution in [0, 0.1) is 0 Å². The second-order valence-electron chi connectivity index (χ2n) is 5.00. The van der Waals surface area contributed by atoms with E-state index in [9.17, 15) is 0 Å². The maximum atomic E-state index is 6.01. The summed E-state index contributed by atoms with van der Waals surface area (Å²) >= 11 is 0. The molecule has 4 heteroatoms. The van der Waals surface area contributed by atoms with Gasteiger partial charge in [-0.2, -0.15) is 0 Å². The van der Waals surface area contributed by atoms with E-state index in [2.05, 4.69) is 39.2 Å². The zero-order chi connectivity index (χ0) is 12.8. The lowest BCUT2D eigenvalue weighted by Gasteiger charge is -2.11. The van der Waals surface area contributed by atoms with Crippen LogP contribution in [0.3, 0.4) is 0 Å². The number of aromatic amines is 1. The standard InChI is InChI=1S/C15H14N4/c16-14-13-12(7-8-17-13)18-15(19-14)11-6-5-9-3-1-2-4-10(9)11/h1-4,7-8,11,17H,5-6H2,(H2,16,18,19)/t11-/m0/s1. The van der Waals surface area contributed by atoms with E-state index in [-0.39, 0.29) is 5.92 Å². The van der Waals surface area contributed by atoms with Crippen molar-refractivity contribution in [3.05, 3.63) is 53.5 Å². The molecule has 4 nitrogen and oxygen atoms in total. The van der Waals surface area contributed by atoms with Crippen molar-refractivity contribution in [3.8, 4) is 0 Å². The van der Waals surface area contributed by atoms with Crippen LogP contribution in [-0.4, -0.2) is 15.0 Å². The molecule has 1 aliphatic carbocycles. The molecule has 3 N–H and O–H groups in total. The fourth-order valence-corrected chi connectivity index (χ4v) is 2.97. The zero-order valence-electron chi connectivity index (χ0n) is 10.4. The molecule has 0 radical (unpaired) electrons. The van der Waals surface area contributed by atoms with Crippen LogP contribution in [0.5, 0.6) is 0 Å². The first-order valence-electron chi connectivity index (χ1n) is 6.51. The van der Waals surface area contributed by atoms with Crippen molar-refractivity contribution in [2.75, 3.05) is 5.73 Å². The number of fused-ring (bicyclic) bond motifs is 2. The number of benzene rings is 1. The van der Waals surface area contributed by atoms with Crippen LogP contribution in [0.2, 0.25) is 0 Å². The number of anilines is 1. The van der Waals surface area contributed by atoms with Gasteiger partial charge in [-0.05, 0) is 30.0 Å². The molecule has 0 spiro atoms. The van der Waals surface area contributed by atoms with E-state index in [1.54, 1.807) is 0 Å². The van der Waals surface area contributed by atoms with Crippen LogP contribution in [-0.2, 0) is 6.42 Å². The second kappa shape index (κ2) is 3.82. The van der Waals surface area contributed by atoms with Crippen LogP contribution >= 0.6 is 0 Å². The van der Waals surface area contributed by atoms with Crippen molar-refractivity contribution in [3.63, 3.8) is 0 Å². The van der Waals surface area contributed by atoms with Gasteiger partial charge in [0.05, 0.1) is 5.52 Å². The van der Waals surface area contributed by atoms with Gasteiger partial charge >= 0.3 is 0 Å². The molecule has 0 saturated carbocycles. The van der Waals surface area contributed by atoms with E-state index in [4.69, 9.17) is 5.73 Å². The van der Waals surface area contributed by atoms with Gasteiger partial charge in [0.15, 0.2) is 5.82 Å². The Bertz CT molecular complexity index is 760. The molecule has 94 valence electrons. The fraction of sp³-hybridized carbons (Fsp3) is 0.200. The van der Waals surface area contributed by atoms with Crippen LogP contribution < -0.4 is 5.73 Å². The summed E-state index contributed by atoms with van der Waals surface area (Å²) in [6.07, 6.45) is 4.01. The number of nitrogens with one attached hydrogen (secondary N) is 1. The zero-order valence-corrected chi connectivity index (χ0v) is 10.4. The third kappa shape index (κ3) is 1.53. The van der Waals surface area contributed by atoms with E-state index in [0.717, 1.165) is 29.7 Å². The SMILES string of the molecule is Nc1nc([C@H]2CCc3ccccc32)nc2cc[nH]c12. The maximum absolute atomic E-state index is 6.01. The largest absolute Gasteiger partial charge is 0.382 e. The smallest absolute Gasteiger partial charge is 0.151 e. The molecule has 0 amide bonds. The van der Waals surface area contributed by atoms with Crippen molar-refractivity contribution >= 4 is 16.9 Å². The first-order chi connectivity index (χ1) is 9.33. The third-order valence-electron chi connectivity index (χ3n) is 3.90. The fourth-order valence-electron chi connectivity index (χ4n) is 2.97. The molecule has 0 fully saturated rings. The Hall–Kier alpha value is -2.36. The summed E-state index contributed by atoms with van der Waals surface area (Å²) in [7, 11) is 0. The molecule has 2 heterocycles. The molecular weight excluding hydrogens is 236 g/mol. The Kier molecular flexibility index (Phi) is 2.12. The molecule has 1 aliphatic rings. The highest BCUT2D eigenvalue weighted by atomic mass is 15.0. The van der Waals surface area contributed by atoms with Crippen LogP contribution in [0.1, 0.15) is 29.3 Å². The average Bonchev–Trinajstić information content (AvgIpc) is 3.04. The number of nitrogen functional groups attached to an aromatic ring is 1. The van der Waals surface area contributed by atoms with Gasteiger partial charge in [0.25, 0.3) is 0 Å². The average molecular weight is 250 g/mol. The number of hydrogen-bond acceptors (Lipinski definition) is 3. The first kappa shape index (κ1) is 10.6. The molecule has 1 atom stereocenters. The van der Waals surface area contributed by atoms with Crippen LogP contribution in [0.15, 0.2) is 36.5 Å². The van der Waals surface area contributed by atoms with Gasteiger partial charge in [0.2, 0.25) is 0 Å². The predicted molar refractivity (Wildman–Crippen MR) is 74.9 cm³/mol. The monoisotopic (exact) mass is 250 g/mol. The number of hydrogen-bond donors (Lipinski definition) is 2. The van der Waals surface area contributed by atoms with Gasteiger partial charge in [-0.1, -0.05) is 24.3 Å². The summed E-state index contributed by atoms with van der Waals surface area (Å²) < 4.78 is 0. The lowest BCUT2D eigenvalue weighted by atomic mass is 10.0. The number of nitrogens with two attached hydrogens (primary N) is 1. The number of nitrogens with zero attached hydrogens (tertiary/aromatic N) is 2. The number of aromatic nitrogens is 3. The summed E-state index contributed by atoms with van der Waals surface area (Å²) in [5.74, 6) is 1.65. The maximum Gasteiger partial charge on any atom is 0.151 e. The quantitative estimate of drug-likeness (QED) is 0.697. The third-order valence-corrected chi connectivity index (χ3v) is 3.90. The Labute approximate surface area is 110 Å². The highest BCUT2D eigenvalue weighted by molar-refractivity contribution is 5.84. The van der Waals surface area contributed by atoms with E-state index in [0.29, 0.717) is 5.82 Å². The molecule has 0 bridgehead atoms. The normalized spacial score (nSPS) is 17.8. The highest BCUT2D eigenvalue weighted by Gasteiger charge is 2.26. The predicted octanol–water partition coefficient (Wildman–Crippen LogP) is 2.62.